The first-order valence-electron chi connectivity index (χ1n) is 5.17. The molecule has 1 atom stereocenters. The monoisotopic (exact) mass is 191 g/mol. The molecule has 1 fully saturated rings. The Morgan fingerprint density at radius 3 is 2.86 bits per heavy atom. The Bertz CT molecular complexity index is 340. The van der Waals surface area contributed by atoms with Crippen molar-refractivity contribution < 1.29 is 5.11 Å². The largest absolute Gasteiger partial charge is 0.508 e. The van der Waals surface area contributed by atoms with Crippen LogP contribution in [0.3, 0.4) is 0 Å². The van der Waals surface area contributed by atoms with Crippen molar-refractivity contribution >= 4 is 0 Å². The Balaban J connectivity index is 2.45. The zero-order chi connectivity index (χ0) is 10.2. The first-order valence-corrected chi connectivity index (χ1v) is 5.17. The highest BCUT2D eigenvalue weighted by atomic mass is 16.3. The number of phenols is 1. The fourth-order valence-electron chi connectivity index (χ4n) is 2.35. The van der Waals surface area contributed by atoms with Gasteiger partial charge in [0.25, 0.3) is 0 Å². The zero-order valence-corrected chi connectivity index (χ0v) is 8.80. The average Bonchev–Trinajstić information content (AvgIpc) is 2.58. The Hall–Kier alpha value is -1.02. The number of benzene rings is 1. The molecule has 2 rings (SSSR count). The van der Waals surface area contributed by atoms with E-state index < -0.39 is 0 Å². The number of aromatic hydroxyl groups is 1. The average molecular weight is 191 g/mol. The van der Waals surface area contributed by atoms with Crippen LogP contribution in [0, 0.1) is 6.92 Å². The molecule has 0 spiro atoms. The second kappa shape index (κ2) is 3.28. The third-order valence-corrected chi connectivity index (χ3v) is 3.27. The van der Waals surface area contributed by atoms with E-state index in [4.69, 9.17) is 0 Å². The van der Waals surface area contributed by atoms with Gasteiger partial charge in [-0.05, 0) is 50.4 Å². The topological polar surface area (TPSA) is 32.3 Å². The lowest BCUT2D eigenvalue weighted by Gasteiger charge is -2.27. The second-order valence-corrected chi connectivity index (χ2v) is 4.31. The van der Waals surface area contributed by atoms with Gasteiger partial charge in [0.2, 0.25) is 0 Å². The molecule has 0 radical (unpaired) electrons. The molecule has 76 valence electrons. The van der Waals surface area contributed by atoms with E-state index in [-0.39, 0.29) is 5.54 Å². The molecule has 1 aliphatic rings. The van der Waals surface area contributed by atoms with E-state index >= 15 is 0 Å². The highest BCUT2D eigenvalue weighted by molar-refractivity contribution is 5.42. The van der Waals surface area contributed by atoms with Crippen molar-refractivity contribution in [2.45, 2.75) is 32.2 Å². The molecule has 0 aromatic heterocycles. The number of hydrogen-bond donors (Lipinski definition) is 2. The normalized spacial score (nSPS) is 26.7. The zero-order valence-electron chi connectivity index (χ0n) is 8.80. The lowest BCUT2D eigenvalue weighted by molar-refractivity contribution is 0.422. The summed E-state index contributed by atoms with van der Waals surface area (Å²) in [5.74, 6) is 0.400. The molecule has 14 heavy (non-hydrogen) atoms. The summed E-state index contributed by atoms with van der Waals surface area (Å²) in [4.78, 5) is 0. The Kier molecular flexibility index (Phi) is 2.23. The summed E-state index contributed by atoms with van der Waals surface area (Å²) in [6.45, 7) is 5.27. The van der Waals surface area contributed by atoms with Crippen molar-refractivity contribution in [1.29, 1.82) is 0 Å². The minimum Gasteiger partial charge on any atom is -0.508 e. The van der Waals surface area contributed by atoms with Gasteiger partial charge in [-0.25, -0.2) is 0 Å². The summed E-state index contributed by atoms with van der Waals surface area (Å²) in [5, 5.41) is 13.2. The molecule has 1 unspecified atom stereocenters. The van der Waals surface area contributed by atoms with E-state index in [1.807, 2.05) is 13.0 Å². The highest BCUT2D eigenvalue weighted by Crippen LogP contribution is 2.34. The smallest absolute Gasteiger partial charge is 0.118 e. The van der Waals surface area contributed by atoms with Crippen LogP contribution >= 0.6 is 0 Å². The molecule has 2 nitrogen and oxygen atoms in total. The lowest BCUT2D eigenvalue weighted by Crippen LogP contribution is -2.33. The summed E-state index contributed by atoms with van der Waals surface area (Å²) in [6.07, 6.45) is 2.36. The number of phenolic OH excluding ortho intramolecular Hbond substituents is 1. The molecule has 1 aromatic carbocycles. The fourth-order valence-corrected chi connectivity index (χ4v) is 2.35. The van der Waals surface area contributed by atoms with Gasteiger partial charge in [0.05, 0.1) is 0 Å². The molecule has 2 N–H and O–H groups in total. The van der Waals surface area contributed by atoms with Gasteiger partial charge in [-0.1, -0.05) is 12.1 Å². The van der Waals surface area contributed by atoms with E-state index in [2.05, 4.69) is 18.3 Å². The molecule has 1 aromatic rings. The molecule has 0 saturated carbocycles. The van der Waals surface area contributed by atoms with E-state index in [9.17, 15) is 5.11 Å². The van der Waals surface area contributed by atoms with Crippen molar-refractivity contribution in [3.8, 4) is 5.75 Å². The van der Waals surface area contributed by atoms with Crippen molar-refractivity contribution in [3.05, 3.63) is 29.3 Å². The maximum Gasteiger partial charge on any atom is 0.118 e. The van der Waals surface area contributed by atoms with Crippen LogP contribution in [0.4, 0.5) is 0 Å². The molecule has 0 bridgehead atoms. The minimum atomic E-state index is 0.0584. The van der Waals surface area contributed by atoms with Crippen LogP contribution in [0.2, 0.25) is 0 Å². The molecule has 0 aliphatic carbocycles. The van der Waals surface area contributed by atoms with Crippen LogP contribution in [0.1, 0.15) is 30.9 Å². The van der Waals surface area contributed by atoms with E-state index in [0.29, 0.717) is 5.75 Å². The predicted octanol–water partition coefficient (Wildman–Crippen LogP) is 2.30. The Morgan fingerprint density at radius 1 is 1.43 bits per heavy atom. The highest BCUT2D eigenvalue weighted by Gasteiger charge is 2.31. The summed E-state index contributed by atoms with van der Waals surface area (Å²) >= 11 is 0. The summed E-state index contributed by atoms with van der Waals surface area (Å²) < 4.78 is 0. The van der Waals surface area contributed by atoms with Crippen LogP contribution in [0.15, 0.2) is 18.2 Å². The molecular weight excluding hydrogens is 174 g/mol. The van der Waals surface area contributed by atoms with Crippen molar-refractivity contribution in [2.75, 3.05) is 6.54 Å². The fraction of sp³-hybridized carbons (Fsp3) is 0.500. The van der Waals surface area contributed by atoms with Crippen LogP contribution in [0.25, 0.3) is 0 Å². The molecule has 1 heterocycles. The molecule has 2 heteroatoms. The van der Waals surface area contributed by atoms with Gasteiger partial charge in [0, 0.05) is 5.54 Å². The van der Waals surface area contributed by atoms with Crippen molar-refractivity contribution in [3.63, 3.8) is 0 Å². The van der Waals surface area contributed by atoms with Gasteiger partial charge in [0.15, 0.2) is 0 Å². The third kappa shape index (κ3) is 1.40. The Labute approximate surface area is 85.0 Å². The second-order valence-electron chi connectivity index (χ2n) is 4.31. The standard InChI is InChI=1S/C12H17NO/c1-9-10(5-3-6-11(9)14)12(2)7-4-8-13-12/h3,5-6,13-14H,4,7-8H2,1-2H3. The van der Waals surface area contributed by atoms with Crippen molar-refractivity contribution in [2.24, 2.45) is 0 Å². The maximum atomic E-state index is 9.65. The minimum absolute atomic E-state index is 0.0584. The summed E-state index contributed by atoms with van der Waals surface area (Å²) in [7, 11) is 0. The van der Waals surface area contributed by atoms with Crippen LogP contribution in [-0.2, 0) is 5.54 Å². The summed E-state index contributed by atoms with van der Waals surface area (Å²) in [5.41, 5.74) is 2.29. The van der Waals surface area contributed by atoms with Crippen LogP contribution in [-0.4, -0.2) is 11.7 Å². The first-order chi connectivity index (χ1) is 6.63. The first kappa shape index (κ1) is 9.53. The van der Waals surface area contributed by atoms with Gasteiger partial charge in [-0.2, -0.15) is 0 Å². The predicted molar refractivity (Wildman–Crippen MR) is 57.4 cm³/mol. The van der Waals surface area contributed by atoms with Crippen LogP contribution < -0.4 is 5.32 Å². The van der Waals surface area contributed by atoms with Crippen LogP contribution in [0.5, 0.6) is 5.75 Å². The van der Waals surface area contributed by atoms with Gasteiger partial charge in [-0.15, -0.1) is 0 Å². The summed E-state index contributed by atoms with van der Waals surface area (Å²) in [6, 6.07) is 5.77. The number of hydrogen-bond acceptors (Lipinski definition) is 2. The van der Waals surface area contributed by atoms with Gasteiger partial charge in [-0.3, -0.25) is 0 Å². The maximum absolute atomic E-state index is 9.65. The SMILES string of the molecule is Cc1c(O)cccc1C1(C)CCCN1. The van der Waals surface area contributed by atoms with E-state index in [1.165, 1.54) is 12.0 Å². The third-order valence-electron chi connectivity index (χ3n) is 3.27. The quantitative estimate of drug-likeness (QED) is 0.714. The van der Waals surface area contributed by atoms with E-state index in [0.717, 1.165) is 18.5 Å². The van der Waals surface area contributed by atoms with Crippen molar-refractivity contribution in [1.82, 2.24) is 5.32 Å². The van der Waals surface area contributed by atoms with Gasteiger partial charge >= 0.3 is 0 Å². The van der Waals surface area contributed by atoms with Gasteiger partial charge < -0.3 is 10.4 Å². The lowest BCUT2D eigenvalue weighted by atomic mass is 9.87. The number of nitrogens with one attached hydrogen (secondary N) is 1. The molecular formula is C12H17NO. The van der Waals surface area contributed by atoms with E-state index in [1.54, 1.807) is 6.07 Å². The number of rotatable bonds is 1. The Morgan fingerprint density at radius 2 is 2.21 bits per heavy atom. The molecule has 1 saturated heterocycles. The molecule has 0 amide bonds. The van der Waals surface area contributed by atoms with Gasteiger partial charge in [0.1, 0.15) is 5.75 Å². The molecule has 1 aliphatic heterocycles.